The molecule has 0 unspecified atom stereocenters. The molecule has 0 saturated carbocycles. The van der Waals surface area contributed by atoms with Crippen LogP contribution < -0.4 is 10.4 Å². The topological polar surface area (TPSA) is 52.6 Å². The average Bonchev–Trinajstić information content (AvgIpc) is 2.81. The summed E-state index contributed by atoms with van der Waals surface area (Å²) in [4.78, 5) is 27.4. The Balaban J connectivity index is 2.44. The SMILES string of the molecule is CCCCCCOC(=O)[Si](C(=O)OCCCCCC)(c1ccc(Cl)cc1)c1ccc(Cl)cc1. The van der Waals surface area contributed by atoms with Gasteiger partial charge in [0.05, 0.1) is 13.2 Å². The molecule has 0 atom stereocenters. The van der Waals surface area contributed by atoms with Gasteiger partial charge in [-0.25, -0.2) is 0 Å². The van der Waals surface area contributed by atoms with E-state index in [9.17, 15) is 9.59 Å². The lowest BCUT2D eigenvalue weighted by Crippen LogP contribution is -2.70. The van der Waals surface area contributed by atoms with Gasteiger partial charge in [0.1, 0.15) is 0 Å². The lowest BCUT2D eigenvalue weighted by Gasteiger charge is -2.28. The molecule has 0 bridgehead atoms. The van der Waals surface area contributed by atoms with Crippen molar-refractivity contribution in [3.63, 3.8) is 0 Å². The van der Waals surface area contributed by atoms with Gasteiger partial charge in [0.15, 0.2) is 0 Å². The van der Waals surface area contributed by atoms with Crippen LogP contribution in [0.15, 0.2) is 48.5 Å². The molecule has 0 fully saturated rings. The number of rotatable bonds is 14. The van der Waals surface area contributed by atoms with Gasteiger partial charge >= 0.3 is 8.07 Å². The second kappa shape index (κ2) is 14.4. The van der Waals surface area contributed by atoms with Crippen LogP contribution in [0.5, 0.6) is 0 Å². The molecular weight excluding hydrogens is 475 g/mol. The molecule has 2 rings (SSSR count). The second-order valence-corrected chi connectivity index (χ2v) is 12.5. The van der Waals surface area contributed by atoms with Crippen molar-refractivity contribution in [3.05, 3.63) is 58.6 Å². The van der Waals surface area contributed by atoms with Gasteiger partial charge in [-0.3, -0.25) is 9.59 Å². The molecule has 2 aromatic carbocycles. The molecule has 180 valence electrons. The summed E-state index contributed by atoms with van der Waals surface area (Å²) < 4.78 is 11.5. The number of unbranched alkanes of at least 4 members (excludes halogenated alkanes) is 6. The molecule has 0 heterocycles. The zero-order chi connectivity index (χ0) is 24.1. The third-order valence-electron chi connectivity index (χ3n) is 5.63. The Bertz CT molecular complexity index is 795. The Hall–Kier alpha value is -1.82. The van der Waals surface area contributed by atoms with Gasteiger partial charge in [-0.1, -0.05) is 99.8 Å². The smallest absolute Gasteiger partial charge is 0.370 e. The van der Waals surface area contributed by atoms with Gasteiger partial charge in [0.2, 0.25) is 0 Å². The Morgan fingerprint density at radius 3 is 1.33 bits per heavy atom. The summed E-state index contributed by atoms with van der Waals surface area (Å²) in [6.45, 7) is 4.81. The Morgan fingerprint density at radius 2 is 1.00 bits per heavy atom. The lowest BCUT2D eigenvalue weighted by atomic mass is 10.2. The molecule has 0 aliphatic rings. The van der Waals surface area contributed by atoms with Crippen molar-refractivity contribution in [2.75, 3.05) is 13.2 Å². The molecule has 0 spiro atoms. The predicted molar refractivity (Wildman–Crippen MR) is 139 cm³/mol. The summed E-state index contributed by atoms with van der Waals surface area (Å²) >= 11 is 12.2. The molecule has 0 aliphatic heterocycles. The van der Waals surface area contributed by atoms with Gasteiger partial charge in [-0.05, 0) is 47.5 Å². The van der Waals surface area contributed by atoms with Crippen LogP contribution in [0.25, 0.3) is 0 Å². The molecule has 0 aromatic heterocycles. The Morgan fingerprint density at radius 1 is 0.636 bits per heavy atom. The van der Waals surface area contributed by atoms with E-state index < -0.39 is 19.3 Å². The van der Waals surface area contributed by atoms with Crippen LogP contribution >= 0.6 is 23.2 Å². The first-order valence-corrected chi connectivity index (χ1v) is 14.6. The number of hydrogen-bond acceptors (Lipinski definition) is 4. The molecule has 0 amide bonds. The summed E-state index contributed by atoms with van der Waals surface area (Å²) in [6, 6.07) is 13.7. The first kappa shape index (κ1) is 27.4. The van der Waals surface area contributed by atoms with Crippen LogP contribution in [0, 0.1) is 0 Å². The largest absolute Gasteiger partial charge is 0.469 e. The highest BCUT2D eigenvalue weighted by molar-refractivity contribution is 7.37. The van der Waals surface area contributed by atoms with E-state index in [1.54, 1.807) is 48.5 Å². The Labute approximate surface area is 208 Å². The first-order valence-electron chi connectivity index (χ1n) is 11.8. The van der Waals surface area contributed by atoms with Crippen molar-refractivity contribution in [3.8, 4) is 0 Å². The van der Waals surface area contributed by atoms with Crippen molar-refractivity contribution in [1.82, 2.24) is 0 Å². The summed E-state index contributed by atoms with van der Waals surface area (Å²) in [5.41, 5.74) is -1.02. The van der Waals surface area contributed by atoms with Gasteiger partial charge in [-0.15, -0.1) is 0 Å². The molecule has 0 radical (unpaired) electrons. The van der Waals surface area contributed by atoms with E-state index in [2.05, 4.69) is 13.8 Å². The molecule has 7 heteroatoms. The minimum Gasteiger partial charge on any atom is -0.469 e. The minimum atomic E-state index is -3.78. The third kappa shape index (κ3) is 7.59. The maximum absolute atomic E-state index is 13.7. The van der Waals surface area contributed by atoms with Crippen LogP contribution in [0.1, 0.15) is 65.2 Å². The fourth-order valence-electron chi connectivity index (χ4n) is 3.73. The van der Waals surface area contributed by atoms with Crippen LogP contribution in [-0.4, -0.2) is 32.5 Å². The lowest BCUT2D eigenvalue weighted by molar-refractivity contribution is 0.159. The van der Waals surface area contributed by atoms with Gasteiger partial charge < -0.3 is 9.47 Å². The first-order chi connectivity index (χ1) is 16.0. The van der Waals surface area contributed by atoms with Gasteiger partial charge in [-0.2, -0.15) is 0 Å². The van der Waals surface area contributed by atoms with E-state index in [4.69, 9.17) is 32.7 Å². The second-order valence-electron chi connectivity index (χ2n) is 8.16. The monoisotopic (exact) mass is 508 g/mol. The van der Waals surface area contributed by atoms with E-state index in [1.807, 2.05) is 0 Å². The average molecular weight is 510 g/mol. The number of hydrogen-bond donors (Lipinski definition) is 0. The van der Waals surface area contributed by atoms with Crippen molar-refractivity contribution in [2.45, 2.75) is 65.2 Å². The molecule has 4 nitrogen and oxygen atoms in total. The highest BCUT2D eigenvalue weighted by atomic mass is 35.5. The predicted octanol–water partition coefficient (Wildman–Crippen LogP) is 7.15. The fourth-order valence-corrected chi connectivity index (χ4v) is 7.39. The van der Waals surface area contributed by atoms with E-state index in [1.165, 1.54) is 0 Å². The van der Waals surface area contributed by atoms with Gasteiger partial charge in [0.25, 0.3) is 11.2 Å². The maximum Gasteiger partial charge on any atom is 0.370 e. The van der Waals surface area contributed by atoms with E-state index >= 15 is 0 Å². The van der Waals surface area contributed by atoms with Gasteiger partial charge in [0, 0.05) is 10.0 Å². The summed E-state index contributed by atoms with van der Waals surface area (Å²) in [5, 5.41) is 2.23. The zero-order valence-electron chi connectivity index (χ0n) is 19.6. The molecule has 0 aliphatic carbocycles. The zero-order valence-corrected chi connectivity index (χ0v) is 22.1. The number of ether oxygens (including phenoxy) is 2. The van der Waals surface area contributed by atoms with Crippen LogP contribution in [0.3, 0.4) is 0 Å². The van der Waals surface area contributed by atoms with Crippen molar-refractivity contribution >= 4 is 52.8 Å². The van der Waals surface area contributed by atoms with Crippen molar-refractivity contribution in [2.24, 2.45) is 0 Å². The third-order valence-corrected chi connectivity index (χ3v) is 10.0. The van der Waals surface area contributed by atoms with E-state index in [-0.39, 0.29) is 13.2 Å². The standard InChI is InChI=1S/C26H34Cl2O4Si/c1-3-5-7-9-19-31-25(29)33(23-15-11-21(27)12-16-23,24-17-13-22(28)14-18-24)26(30)32-20-10-8-6-4-2/h11-18H,3-10,19-20H2,1-2H3. The summed E-state index contributed by atoms with van der Waals surface area (Å²) in [5.74, 6) is 0. The molecule has 0 N–H and O–H groups in total. The molecule has 2 aromatic rings. The van der Waals surface area contributed by atoms with E-state index in [0.29, 0.717) is 20.4 Å². The minimum absolute atomic E-state index is 0.276. The highest BCUT2D eigenvalue weighted by Gasteiger charge is 2.56. The summed E-state index contributed by atoms with van der Waals surface area (Å²) in [7, 11) is -3.78. The van der Waals surface area contributed by atoms with Crippen molar-refractivity contribution in [1.29, 1.82) is 0 Å². The molecular formula is C26H34Cl2O4Si. The normalized spacial score (nSPS) is 11.3. The van der Waals surface area contributed by atoms with E-state index in [0.717, 1.165) is 51.4 Å². The molecule has 0 saturated heterocycles. The van der Waals surface area contributed by atoms with Crippen LogP contribution in [-0.2, 0) is 9.47 Å². The highest BCUT2D eigenvalue weighted by Crippen LogP contribution is 2.18. The number of carbonyl (C=O) groups excluding carboxylic acids is 2. The van der Waals surface area contributed by atoms with Crippen molar-refractivity contribution < 1.29 is 19.1 Å². The van der Waals surface area contributed by atoms with Crippen LogP contribution in [0.4, 0.5) is 9.59 Å². The quantitative estimate of drug-likeness (QED) is 0.200. The number of carbonyl (C=O) groups is 2. The Kier molecular flexibility index (Phi) is 12.0. The fraction of sp³-hybridized carbons (Fsp3) is 0.462. The summed E-state index contributed by atoms with van der Waals surface area (Å²) in [6.07, 6.45) is 7.81. The maximum atomic E-state index is 13.7. The number of halogens is 2. The van der Waals surface area contributed by atoms with Crippen LogP contribution in [0.2, 0.25) is 10.0 Å². The number of benzene rings is 2. The molecule has 33 heavy (non-hydrogen) atoms.